The molecular weight excluding hydrogens is 286 g/mol. The van der Waals surface area contributed by atoms with E-state index in [1.165, 1.54) is 36.2 Å². The Kier molecular flexibility index (Phi) is 3.65. The number of aryl methyl sites for hydroxylation is 1. The molecule has 3 aromatic rings. The average Bonchev–Trinajstić information content (AvgIpc) is 3.14. The SMILES string of the molecule is Cc1ncc(CN2CCCC(c3cc4cccnc4[nH]3)C2)n1C. The minimum Gasteiger partial charge on any atom is -0.343 e. The lowest BCUT2D eigenvalue weighted by Crippen LogP contribution is -2.34. The van der Waals surface area contributed by atoms with E-state index in [0.717, 1.165) is 24.6 Å². The fourth-order valence-electron chi connectivity index (χ4n) is 3.58. The van der Waals surface area contributed by atoms with Gasteiger partial charge >= 0.3 is 0 Å². The molecule has 0 radical (unpaired) electrons. The third-order valence-corrected chi connectivity index (χ3v) is 5.06. The Labute approximate surface area is 136 Å². The van der Waals surface area contributed by atoms with E-state index in [-0.39, 0.29) is 0 Å². The van der Waals surface area contributed by atoms with Gasteiger partial charge in [-0.3, -0.25) is 4.90 Å². The summed E-state index contributed by atoms with van der Waals surface area (Å²) in [4.78, 5) is 14.9. The second-order valence-electron chi connectivity index (χ2n) is 6.60. The van der Waals surface area contributed by atoms with Crippen LogP contribution in [0.1, 0.15) is 36.0 Å². The first kappa shape index (κ1) is 14.5. The number of imidazole rings is 1. The van der Waals surface area contributed by atoms with Crippen LogP contribution in [0, 0.1) is 6.92 Å². The van der Waals surface area contributed by atoms with Crippen molar-refractivity contribution in [1.82, 2.24) is 24.4 Å². The first-order valence-electron chi connectivity index (χ1n) is 8.34. The van der Waals surface area contributed by atoms with Crippen molar-refractivity contribution in [2.45, 2.75) is 32.2 Å². The van der Waals surface area contributed by atoms with Crippen molar-refractivity contribution in [1.29, 1.82) is 0 Å². The molecule has 4 rings (SSSR count). The number of nitrogens with one attached hydrogen (secondary N) is 1. The van der Waals surface area contributed by atoms with Gasteiger partial charge in [-0.05, 0) is 44.5 Å². The molecule has 23 heavy (non-hydrogen) atoms. The van der Waals surface area contributed by atoms with E-state index in [4.69, 9.17) is 0 Å². The van der Waals surface area contributed by atoms with E-state index in [1.54, 1.807) is 0 Å². The summed E-state index contributed by atoms with van der Waals surface area (Å²) in [6.07, 6.45) is 6.34. The monoisotopic (exact) mass is 309 g/mol. The maximum absolute atomic E-state index is 4.42. The van der Waals surface area contributed by atoms with Gasteiger partial charge in [-0.1, -0.05) is 0 Å². The highest BCUT2D eigenvalue weighted by molar-refractivity contribution is 5.76. The van der Waals surface area contributed by atoms with Crippen LogP contribution in [0.25, 0.3) is 11.0 Å². The fraction of sp³-hybridized carbons (Fsp3) is 0.444. The molecule has 5 heteroatoms. The molecule has 0 saturated carbocycles. The molecule has 1 aliphatic heterocycles. The van der Waals surface area contributed by atoms with E-state index >= 15 is 0 Å². The predicted octanol–water partition coefficient (Wildman–Crippen LogP) is 2.98. The number of hydrogen-bond donors (Lipinski definition) is 1. The number of fused-ring (bicyclic) bond motifs is 1. The molecule has 0 aliphatic carbocycles. The Bertz CT molecular complexity index is 783. The van der Waals surface area contributed by atoms with E-state index in [2.05, 4.69) is 50.5 Å². The highest BCUT2D eigenvalue weighted by Crippen LogP contribution is 2.29. The number of H-pyrrole nitrogens is 1. The van der Waals surface area contributed by atoms with Crippen molar-refractivity contribution in [2.75, 3.05) is 13.1 Å². The van der Waals surface area contributed by atoms with Crippen LogP contribution in [0.2, 0.25) is 0 Å². The Morgan fingerprint density at radius 1 is 1.35 bits per heavy atom. The van der Waals surface area contributed by atoms with Crippen LogP contribution in [0.3, 0.4) is 0 Å². The normalized spacial score (nSPS) is 19.5. The lowest BCUT2D eigenvalue weighted by molar-refractivity contribution is 0.195. The third kappa shape index (κ3) is 2.77. The molecule has 3 aromatic heterocycles. The fourth-order valence-corrected chi connectivity index (χ4v) is 3.58. The molecule has 0 amide bonds. The molecule has 0 bridgehead atoms. The summed E-state index contributed by atoms with van der Waals surface area (Å²) in [5, 5.41) is 1.21. The summed E-state index contributed by atoms with van der Waals surface area (Å²) >= 11 is 0. The van der Waals surface area contributed by atoms with Crippen LogP contribution < -0.4 is 0 Å². The highest BCUT2D eigenvalue weighted by Gasteiger charge is 2.23. The van der Waals surface area contributed by atoms with Gasteiger partial charge in [0.1, 0.15) is 11.5 Å². The number of likely N-dealkylation sites (tertiary alicyclic amines) is 1. The van der Waals surface area contributed by atoms with Crippen LogP contribution in [0.4, 0.5) is 0 Å². The Hall–Kier alpha value is -2.14. The first-order valence-corrected chi connectivity index (χ1v) is 8.34. The van der Waals surface area contributed by atoms with E-state index in [9.17, 15) is 0 Å². The Morgan fingerprint density at radius 3 is 3.04 bits per heavy atom. The number of piperidine rings is 1. The second-order valence-corrected chi connectivity index (χ2v) is 6.60. The molecule has 1 N–H and O–H groups in total. The number of hydrogen-bond acceptors (Lipinski definition) is 3. The molecule has 1 saturated heterocycles. The van der Waals surface area contributed by atoms with E-state index in [1.807, 2.05) is 18.5 Å². The van der Waals surface area contributed by atoms with Gasteiger partial charge in [0.15, 0.2) is 0 Å². The van der Waals surface area contributed by atoms with Gasteiger partial charge in [-0.2, -0.15) is 0 Å². The smallest absolute Gasteiger partial charge is 0.137 e. The minimum absolute atomic E-state index is 0.562. The number of aromatic nitrogens is 4. The standard InChI is InChI=1S/C18H23N5/c1-13-20-10-16(22(13)2)12-23-8-4-6-15(11-23)17-9-14-5-3-7-19-18(14)21-17/h3,5,7,9-10,15H,4,6,8,11-12H2,1-2H3,(H,19,21). The summed E-state index contributed by atoms with van der Waals surface area (Å²) in [5.41, 5.74) is 3.62. The Morgan fingerprint density at radius 2 is 2.26 bits per heavy atom. The lowest BCUT2D eigenvalue weighted by atomic mass is 9.94. The van der Waals surface area contributed by atoms with Gasteiger partial charge in [0, 0.05) is 49.5 Å². The van der Waals surface area contributed by atoms with Crippen LogP contribution in [-0.2, 0) is 13.6 Å². The van der Waals surface area contributed by atoms with Gasteiger partial charge in [0.2, 0.25) is 0 Å². The maximum atomic E-state index is 4.42. The van der Waals surface area contributed by atoms with Crippen LogP contribution in [-0.4, -0.2) is 37.5 Å². The van der Waals surface area contributed by atoms with Gasteiger partial charge in [0.25, 0.3) is 0 Å². The zero-order chi connectivity index (χ0) is 15.8. The minimum atomic E-state index is 0.562. The summed E-state index contributed by atoms with van der Waals surface area (Å²) in [6.45, 7) is 5.29. The van der Waals surface area contributed by atoms with Gasteiger partial charge < -0.3 is 9.55 Å². The van der Waals surface area contributed by atoms with Crippen molar-refractivity contribution in [3.05, 3.63) is 47.8 Å². The molecular formula is C18H23N5. The summed E-state index contributed by atoms with van der Waals surface area (Å²) in [7, 11) is 2.10. The molecule has 1 unspecified atom stereocenters. The average molecular weight is 309 g/mol. The predicted molar refractivity (Wildman–Crippen MR) is 91.3 cm³/mol. The largest absolute Gasteiger partial charge is 0.343 e. The first-order chi connectivity index (χ1) is 11.2. The Balaban J connectivity index is 1.51. The van der Waals surface area contributed by atoms with E-state index in [0.29, 0.717) is 5.92 Å². The lowest BCUT2D eigenvalue weighted by Gasteiger charge is -2.32. The second kappa shape index (κ2) is 5.81. The summed E-state index contributed by atoms with van der Waals surface area (Å²) < 4.78 is 2.19. The van der Waals surface area contributed by atoms with Gasteiger partial charge in [-0.25, -0.2) is 9.97 Å². The molecule has 1 fully saturated rings. The molecule has 1 atom stereocenters. The van der Waals surface area contributed by atoms with Gasteiger partial charge in [-0.15, -0.1) is 0 Å². The summed E-state index contributed by atoms with van der Waals surface area (Å²) in [5.74, 6) is 1.64. The molecule has 5 nitrogen and oxygen atoms in total. The molecule has 0 aromatic carbocycles. The van der Waals surface area contributed by atoms with Crippen molar-refractivity contribution in [2.24, 2.45) is 7.05 Å². The zero-order valence-electron chi connectivity index (χ0n) is 13.8. The maximum Gasteiger partial charge on any atom is 0.137 e. The van der Waals surface area contributed by atoms with E-state index < -0.39 is 0 Å². The zero-order valence-corrected chi connectivity index (χ0v) is 13.8. The van der Waals surface area contributed by atoms with Crippen LogP contribution in [0.5, 0.6) is 0 Å². The number of rotatable bonds is 3. The number of nitrogens with zero attached hydrogens (tertiary/aromatic N) is 4. The van der Waals surface area contributed by atoms with Crippen molar-refractivity contribution < 1.29 is 0 Å². The molecule has 1 aliphatic rings. The number of pyridine rings is 1. The molecule has 4 heterocycles. The molecule has 120 valence electrons. The topological polar surface area (TPSA) is 49.7 Å². The van der Waals surface area contributed by atoms with Crippen molar-refractivity contribution in [3.8, 4) is 0 Å². The summed E-state index contributed by atoms with van der Waals surface area (Å²) in [6, 6.07) is 6.39. The quantitative estimate of drug-likeness (QED) is 0.809. The highest BCUT2D eigenvalue weighted by atomic mass is 15.2. The molecule has 0 spiro atoms. The van der Waals surface area contributed by atoms with Gasteiger partial charge in [0.05, 0.1) is 5.69 Å². The third-order valence-electron chi connectivity index (χ3n) is 5.06. The number of aromatic amines is 1. The van der Waals surface area contributed by atoms with Crippen molar-refractivity contribution >= 4 is 11.0 Å². The van der Waals surface area contributed by atoms with Crippen LogP contribution >= 0.6 is 0 Å². The van der Waals surface area contributed by atoms with Crippen LogP contribution in [0.15, 0.2) is 30.6 Å². The van der Waals surface area contributed by atoms with Crippen molar-refractivity contribution in [3.63, 3.8) is 0 Å².